The van der Waals surface area contributed by atoms with Crippen LogP contribution in [-0.2, 0) is 0 Å². The van der Waals surface area contributed by atoms with Gasteiger partial charge in [-0.1, -0.05) is 12.1 Å². The monoisotopic (exact) mass is 242 g/mol. The summed E-state index contributed by atoms with van der Waals surface area (Å²) in [6.45, 7) is 0. The summed E-state index contributed by atoms with van der Waals surface area (Å²) in [5.74, 6) is 0.336. The van der Waals surface area contributed by atoms with E-state index in [2.05, 4.69) is 5.32 Å². The molecule has 2 rings (SSSR count). The van der Waals surface area contributed by atoms with E-state index in [1.54, 1.807) is 42.5 Å². The Bertz CT molecular complexity index is 550. The predicted octanol–water partition coefficient (Wildman–Crippen LogP) is 2.53. The lowest BCUT2D eigenvalue weighted by Gasteiger charge is -2.09. The number of methoxy groups -OCH3 is 1. The van der Waals surface area contributed by atoms with Crippen LogP contribution in [0.1, 0.15) is 10.4 Å². The highest BCUT2D eigenvalue weighted by Crippen LogP contribution is 2.19. The van der Waals surface area contributed by atoms with E-state index in [4.69, 9.17) is 10.5 Å². The van der Waals surface area contributed by atoms with Gasteiger partial charge in [-0.15, -0.1) is 0 Å². The molecule has 0 aliphatic carbocycles. The van der Waals surface area contributed by atoms with Crippen molar-refractivity contribution in [3.63, 3.8) is 0 Å². The molecule has 1 amide bonds. The zero-order valence-corrected chi connectivity index (χ0v) is 10.0. The molecule has 2 aromatic carbocycles. The van der Waals surface area contributed by atoms with Gasteiger partial charge in [-0.05, 0) is 36.4 Å². The molecule has 0 saturated carbocycles. The quantitative estimate of drug-likeness (QED) is 0.813. The number of nitrogens with one attached hydrogen (secondary N) is 1. The molecule has 0 bridgehead atoms. The number of carbonyl (C=O) groups is 1. The van der Waals surface area contributed by atoms with Gasteiger partial charge in [-0.25, -0.2) is 0 Å². The van der Waals surface area contributed by atoms with Gasteiger partial charge in [0.15, 0.2) is 0 Å². The minimum atomic E-state index is -0.211. The number of carbonyl (C=O) groups excluding carboxylic acids is 1. The molecule has 0 radical (unpaired) electrons. The normalized spacial score (nSPS) is 9.83. The summed E-state index contributed by atoms with van der Waals surface area (Å²) in [6.07, 6.45) is 0. The number of hydrogen-bond acceptors (Lipinski definition) is 3. The number of benzene rings is 2. The molecule has 0 aromatic heterocycles. The highest BCUT2D eigenvalue weighted by molar-refractivity contribution is 6.06. The fourth-order valence-corrected chi connectivity index (χ4v) is 1.60. The number of hydrogen-bond donors (Lipinski definition) is 2. The minimum absolute atomic E-state index is 0.211. The van der Waals surface area contributed by atoms with Crippen LogP contribution in [0.2, 0.25) is 0 Å². The Hall–Kier alpha value is -2.49. The van der Waals surface area contributed by atoms with Crippen LogP contribution in [0.3, 0.4) is 0 Å². The third-order valence-electron chi connectivity index (χ3n) is 2.52. The van der Waals surface area contributed by atoms with Crippen molar-refractivity contribution in [2.45, 2.75) is 0 Å². The van der Waals surface area contributed by atoms with Crippen LogP contribution < -0.4 is 15.8 Å². The Labute approximate surface area is 105 Å². The zero-order chi connectivity index (χ0) is 13.0. The van der Waals surface area contributed by atoms with E-state index in [9.17, 15) is 4.79 Å². The van der Waals surface area contributed by atoms with Gasteiger partial charge in [0.05, 0.1) is 12.7 Å². The molecule has 4 heteroatoms. The fourth-order valence-electron chi connectivity index (χ4n) is 1.60. The van der Waals surface area contributed by atoms with Gasteiger partial charge >= 0.3 is 0 Å². The fraction of sp³-hybridized carbons (Fsp3) is 0.0714. The lowest BCUT2D eigenvalue weighted by atomic mass is 10.2. The van der Waals surface area contributed by atoms with Gasteiger partial charge in [-0.3, -0.25) is 4.79 Å². The maximum atomic E-state index is 12.1. The average molecular weight is 242 g/mol. The Morgan fingerprint density at radius 3 is 2.44 bits per heavy atom. The molecule has 3 N–H and O–H groups in total. The molecule has 0 atom stereocenters. The molecule has 0 aliphatic rings. The van der Waals surface area contributed by atoms with E-state index in [0.29, 0.717) is 22.7 Å². The summed E-state index contributed by atoms with van der Waals surface area (Å²) in [7, 11) is 1.54. The van der Waals surface area contributed by atoms with Crippen LogP contribution in [0, 0.1) is 0 Å². The Morgan fingerprint density at radius 2 is 1.78 bits per heavy atom. The average Bonchev–Trinajstić information content (AvgIpc) is 2.41. The van der Waals surface area contributed by atoms with Crippen LogP contribution in [0.4, 0.5) is 11.4 Å². The molecular weight excluding hydrogens is 228 g/mol. The number of amides is 1. The van der Waals surface area contributed by atoms with Crippen LogP contribution in [-0.4, -0.2) is 13.0 Å². The third-order valence-corrected chi connectivity index (χ3v) is 2.52. The first-order valence-corrected chi connectivity index (χ1v) is 5.50. The molecule has 0 saturated heterocycles. The number of nitrogens with two attached hydrogens (primary N) is 1. The van der Waals surface area contributed by atoms with Crippen molar-refractivity contribution in [3.05, 3.63) is 54.1 Å². The SMILES string of the molecule is COc1ccccc1C(=O)Nc1ccc(N)cc1. The van der Waals surface area contributed by atoms with Crippen LogP contribution in [0.5, 0.6) is 5.75 Å². The summed E-state index contributed by atoms with van der Waals surface area (Å²) in [4.78, 5) is 12.1. The van der Waals surface area contributed by atoms with Gasteiger partial charge in [0.2, 0.25) is 0 Å². The number of para-hydroxylation sites is 1. The lowest BCUT2D eigenvalue weighted by molar-refractivity contribution is 0.102. The van der Waals surface area contributed by atoms with E-state index >= 15 is 0 Å². The predicted molar refractivity (Wildman–Crippen MR) is 71.8 cm³/mol. The Kier molecular flexibility index (Phi) is 3.48. The van der Waals surface area contributed by atoms with Crippen molar-refractivity contribution in [1.82, 2.24) is 0 Å². The molecule has 0 aliphatic heterocycles. The first kappa shape index (κ1) is 12.0. The third kappa shape index (κ3) is 2.60. The minimum Gasteiger partial charge on any atom is -0.496 e. The number of ether oxygens (including phenoxy) is 1. The number of nitrogen functional groups attached to an aromatic ring is 1. The molecule has 92 valence electrons. The van der Waals surface area contributed by atoms with E-state index in [-0.39, 0.29) is 5.91 Å². The molecule has 2 aromatic rings. The van der Waals surface area contributed by atoms with Crippen molar-refractivity contribution in [2.75, 3.05) is 18.2 Å². The second-order valence-corrected chi connectivity index (χ2v) is 3.78. The zero-order valence-electron chi connectivity index (χ0n) is 10.0. The van der Waals surface area contributed by atoms with Crippen LogP contribution in [0.25, 0.3) is 0 Å². The first-order chi connectivity index (χ1) is 8.70. The largest absolute Gasteiger partial charge is 0.496 e. The summed E-state index contributed by atoms with van der Waals surface area (Å²) in [5.41, 5.74) is 7.43. The molecule has 0 spiro atoms. The molecular formula is C14H14N2O2. The second kappa shape index (κ2) is 5.23. The van der Waals surface area contributed by atoms with Crippen molar-refractivity contribution >= 4 is 17.3 Å². The topological polar surface area (TPSA) is 64.3 Å². The summed E-state index contributed by atoms with van der Waals surface area (Å²) in [6, 6.07) is 14.0. The van der Waals surface area contributed by atoms with Gasteiger partial charge in [0, 0.05) is 11.4 Å². The van der Waals surface area contributed by atoms with E-state index in [1.165, 1.54) is 7.11 Å². The van der Waals surface area contributed by atoms with E-state index < -0.39 is 0 Å². The first-order valence-electron chi connectivity index (χ1n) is 5.50. The molecule has 4 nitrogen and oxygen atoms in total. The van der Waals surface area contributed by atoms with E-state index in [0.717, 1.165) is 0 Å². The molecule has 18 heavy (non-hydrogen) atoms. The Balaban J connectivity index is 2.19. The lowest BCUT2D eigenvalue weighted by Crippen LogP contribution is -2.13. The second-order valence-electron chi connectivity index (χ2n) is 3.78. The van der Waals surface area contributed by atoms with Gasteiger partial charge in [0.25, 0.3) is 5.91 Å². The number of anilines is 2. The Morgan fingerprint density at radius 1 is 1.11 bits per heavy atom. The van der Waals surface area contributed by atoms with Crippen LogP contribution >= 0.6 is 0 Å². The van der Waals surface area contributed by atoms with Crippen LogP contribution in [0.15, 0.2) is 48.5 Å². The van der Waals surface area contributed by atoms with Gasteiger partial charge in [0.1, 0.15) is 5.75 Å². The van der Waals surface area contributed by atoms with Gasteiger partial charge < -0.3 is 15.8 Å². The van der Waals surface area contributed by atoms with Gasteiger partial charge in [-0.2, -0.15) is 0 Å². The maximum Gasteiger partial charge on any atom is 0.259 e. The van der Waals surface area contributed by atoms with Crippen molar-refractivity contribution < 1.29 is 9.53 Å². The highest BCUT2D eigenvalue weighted by atomic mass is 16.5. The molecule has 0 fully saturated rings. The van der Waals surface area contributed by atoms with Crippen molar-refractivity contribution in [3.8, 4) is 5.75 Å². The smallest absolute Gasteiger partial charge is 0.259 e. The summed E-state index contributed by atoms with van der Waals surface area (Å²) in [5, 5.41) is 2.79. The summed E-state index contributed by atoms with van der Waals surface area (Å²) >= 11 is 0. The van der Waals surface area contributed by atoms with E-state index in [1.807, 2.05) is 6.07 Å². The maximum absolute atomic E-state index is 12.1. The van der Waals surface area contributed by atoms with Crippen molar-refractivity contribution in [2.24, 2.45) is 0 Å². The standard InChI is InChI=1S/C14H14N2O2/c1-18-13-5-3-2-4-12(13)14(17)16-11-8-6-10(15)7-9-11/h2-9H,15H2,1H3,(H,16,17). The number of rotatable bonds is 3. The van der Waals surface area contributed by atoms with Crippen molar-refractivity contribution in [1.29, 1.82) is 0 Å². The highest BCUT2D eigenvalue weighted by Gasteiger charge is 2.11. The summed E-state index contributed by atoms with van der Waals surface area (Å²) < 4.78 is 5.14. The molecule has 0 heterocycles. The molecule has 0 unspecified atom stereocenters.